The van der Waals surface area contributed by atoms with E-state index in [9.17, 15) is 4.79 Å². The van der Waals surface area contributed by atoms with E-state index in [1.807, 2.05) is 30.3 Å². The fraction of sp³-hybridized carbons (Fsp3) is 0.250. The van der Waals surface area contributed by atoms with E-state index in [1.54, 1.807) is 18.7 Å². The summed E-state index contributed by atoms with van der Waals surface area (Å²) in [6.45, 7) is 0. The van der Waals surface area contributed by atoms with Crippen LogP contribution in [-0.2, 0) is 0 Å². The lowest BCUT2D eigenvalue weighted by molar-refractivity contribution is 0.101. The number of amides is 1. The van der Waals surface area contributed by atoms with Gasteiger partial charge in [0.15, 0.2) is 11.6 Å². The van der Waals surface area contributed by atoms with Crippen LogP contribution in [0.25, 0.3) is 22.4 Å². The molecule has 0 spiro atoms. The average Bonchev–Trinajstić information content (AvgIpc) is 3.47. The van der Waals surface area contributed by atoms with E-state index in [1.165, 1.54) is 12.8 Å². The van der Waals surface area contributed by atoms with Crippen molar-refractivity contribution >= 4 is 22.6 Å². The predicted octanol–water partition coefficient (Wildman–Crippen LogP) is 3.58. The summed E-state index contributed by atoms with van der Waals surface area (Å²) >= 11 is 0. The second kappa shape index (κ2) is 6.88. The van der Waals surface area contributed by atoms with Crippen LogP contribution in [0.2, 0.25) is 0 Å². The second-order valence-electron chi connectivity index (χ2n) is 7.02. The third kappa shape index (κ3) is 3.02. The third-order valence-electron chi connectivity index (χ3n) is 5.15. The second-order valence-corrected chi connectivity index (χ2v) is 7.02. The number of benzene rings is 1. The van der Waals surface area contributed by atoms with Gasteiger partial charge in [-0.05, 0) is 31.0 Å². The molecular formula is C20H19N7O. The lowest BCUT2D eigenvalue weighted by Crippen LogP contribution is -2.14. The van der Waals surface area contributed by atoms with E-state index in [0.29, 0.717) is 11.7 Å². The Morgan fingerprint density at radius 1 is 1.18 bits per heavy atom. The van der Waals surface area contributed by atoms with Crippen molar-refractivity contribution in [2.75, 3.05) is 5.32 Å². The quantitative estimate of drug-likeness (QED) is 0.569. The van der Waals surface area contributed by atoms with Gasteiger partial charge in [-0.1, -0.05) is 25.0 Å². The van der Waals surface area contributed by atoms with Crippen LogP contribution in [0, 0.1) is 0 Å². The summed E-state index contributed by atoms with van der Waals surface area (Å²) in [5, 5.41) is 11.2. The first kappa shape index (κ1) is 16.6. The van der Waals surface area contributed by atoms with E-state index in [2.05, 4.69) is 35.0 Å². The summed E-state index contributed by atoms with van der Waals surface area (Å²) in [5.74, 6) is 0.729. The molecule has 5 rings (SSSR count). The fourth-order valence-electron chi connectivity index (χ4n) is 3.78. The molecule has 0 atom stereocenters. The van der Waals surface area contributed by atoms with Crippen LogP contribution < -0.4 is 5.32 Å². The molecule has 2 N–H and O–H groups in total. The molecule has 0 unspecified atom stereocenters. The summed E-state index contributed by atoms with van der Waals surface area (Å²) in [6, 6.07) is 9.83. The van der Waals surface area contributed by atoms with Crippen LogP contribution in [0.5, 0.6) is 0 Å². The molecule has 1 fully saturated rings. The van der Waals surface area contributed by atoms with Crippen molar-refractivity contribution in [3.8, 4) is 11.4 Å². The van der Waals surface area contributed by atoms with E-state index in [-0.39, 0.29) is 11.7 Å². The van der Waals surface area contributed by atoms with Gasteiger partial charge in [0.05, 0.1) is 22.9 Å². The van der Waals surface area contributed by atoms with Gasteiger partial charge in [0.25, 0.3) is 5.91 Å². The Labute approximate surface area is 161 Å². The molecule has 0 aliphatic heterocycles. The molecule has 28 heavy (non-hydrogen) atoms. The number of carbonyl (C=O) groups is 1. The number of imidazole rings is 1. The third-order valence-corrected chi connectivity index (χ3v) is 5.15. The number of H-pyrrole nitrogens is 1. The molecule has 3 heterocycles. The highest BCUT2D eigenvalue weighted by atomic mass is 16.2. The molecule has 140 valence electrons. The largest absolute Gasteiger partial charge is 0.334 e. The number of aromatic amines is 1. The zero-order valence-electron chi connectivity index (χ0n) is 15.2. The van der Waals surface area contributed by atoms with Gasteiger partial charge < -0.3 is 14.9 Å². The number of nitrogens with zero attached hydrogens (tertiary/aromatic N) is 5. The predicted molar refractivity (Wildman–Crippen MR) is 105 cm³/mol. The number of aromatic nitrogens is 6. The van der Waals surface area contributed by atoms with Gasteiger partial charge in [-0.25, -0.2) is 4.98 Å². The normalized spacial score (nSPS) is 14.6. The number of anilines is 1. The van der Waals surface area contributed by atoms with E-state index in [0.717, 1.165) is 35.3 Å². The van der Waals surface area contributed by atoms with Gasteiger partial charge in [-0.3, -0.25) is 9.78 Å². The summed E-state index contributed by atoms with van der Waals surface area (Å²) in [6.07, 6.45) is 9.88. The Morgan fingerprint density at radius 3 is 2.89 bits per heavy atom. The maximum Gasteiger partial charge on any atom is 0.291 e. The number of rotatable bonds is 4. The molecule has 0 saturated heterocycles. The Hall–Kier alpha value is -3.55. The first-order valence-electron chi connectivity index (χ1n) is 9.39. The summed E-state index contributed by atoms with van der Waals surface area (Å²) in [7, 11) is 0. The average molecular weight is 373 g/mol. The monoisotopic (exact) mass is 373 g/mol. The van der Waals surface area contributed by atoms with Crippen molar-refractivity contribution in [2.24, 2.45) is 0 Å². The van der Waals surface area contributed by atoms with Gasteiger partial charge >= 0.3 is 0 Å². The molecule has 8 heteroatoms. The topological polar surface area (TPSA) is 101 Å². The summed E-state index contributed by atoms with van der Waals surface area (Å²) < 4.78 is 2.12. The van der Waals surface area contributed by atoms with Crippen LogP contribution in [0.3, 0.4) is 0 Å². The van der Waals surface area contributed by atoms with Crippen molar-refractivity contribution in [3.05, 3.63) is 54.9 Å². The number of fused-ring (bicyclic) bond motifs is 1. The molecule has 0 radical (unpaired) electrons. The van der Waals surface area contributed by atoms with Crippen molar-refractivity contribution in [2.45, 2.75) is 31.7 Å². The molecule has 1 aliphatic carbocycles. The van der Waals surface area contributed by atoms with Gasteiger partial charge in [0.1, 0.15) is 6.33 Å². The van der Waals surface area contributed by atoms with Crippen LogP contribution in [0.4, 0.5) is 5.69 Å². The maximum atomic E-state index is 12.6. The molecule has 1 saturated carbocycles. The number of carbonyl (C=O) groups excluding carboxylic acids is 1. The van der Waals surface area contributed by atoms with Crippen molar-refractivity contribution < 1.29 is 4.79 Å². The molecule has 1 aliphatic rings. The van der Waals surface area contributed by atoms with Crippen molar-refractivity contribution in [1.82, 2.24) is 29.7 Å². The van der Waals surface area contributed by atoms with E-state index >= 15 is 0 Å². The van der Waals surface area contributed by atoms with Gasteiger partial charge in [0.2, 0.25) is 0 Å². The lowest BCUT2D eigenvalue weighted by atomic mass is 10.2. The van der Waals surface area contributed by atoms with Gasteiger partial charge in [-0.15, -0.1) is 10.2 Å². The number of hydrogen-bond donors (Lipinski definition) is 2. The Kier molecular flexibility index (Phi) is 4.08. The number of nitrogens with one attached hydrogen (secondary N) is 2. The molecular weight excluding hydrogens is 354 g/mol. The molecule has 4 aromatic rings. The smallest absolute Gasteiger partial charge is 0.291 e. The minimum absolute atomic E-state index is 0.265. The lowest BCUT2D eigenvalue weighted by Gasteiger charge is -2.13. The maximum absolute atomic E-state index is 12.6. The molecule has 1 aromatic carbocycles. The van der Waals surface area contributed by atoms with Crippen molar-refractivity contribution in [3.63, 3.8) is 0 Å². The molecule has 3 aromatic heterocycles. The molecule has 1 amide bonds. The fourth-order valence-corrected chi connectivity index (χ4v) is 3.78. The van der Waals surface area contributed by atoms with Crippen LogP contribution in [0.15, 0.2) is 49.1 Å². The Bertz CT molecular complexity index is 1110. The number of para-hydroxylation sites is 2. The molecule has 0 bridgehead atoms. The Morgan fingerprint density at radius 2 is 2.04 bits per heavy atom. The highest BCUT2D eigenvalue weighted by molar-refractivity contribution is 6.03. The Balaban J connectivity index is 1.40. The number of hydrogen-bond acceptors (Lipinski definition) is 5. The van der Waals surface area contributed by atoms with Crippen molar-refractivity contribution in [1.29, 1.82) is 0 Å². The summed E-state index contributed by atoms with van der Waals surface area (Å²) in [4.78, 5) is 24.2. The minimum Gasteiger partial charge on any atom is -0.334 e. The first-order valence-corrected chi connectivity index (χ1v) is 9.39. The SMILES string of the molecule is O=C(Nc1cncc(-c2nncn2C2CCCC2)c1)c1nc2ccccc2[nH]1. The highest BCUT2D eigenvalue weighted by Crippen LogP contribution is 2.32. The minimum atomic E-state index is -0.313. The zero-order chi connectivity index (χ0) is 18.9. The molecule has 8 nitrogen and oxygen atoms in total. The van der Waals surface area contributed by atoms with Crippen LogP contribution >= 0.6 is 0 Å². The van der Waals surface area contributed by atoms with Gasteiger partial charge in [0, 0.05) is 17.8 Å². The first-order chi connectivity index (χ1) is 13.8. The van der Waals surface area contributed by atoms with Crippen LogP contribution in [0.1, 0.15) is 42.3 Å². The number of pyridine rings is 1. The van der Waals surface area contributed by atoms with Gasteiger partial charge in [-0.2, -0.15) is 0 Å². The highest BCUT2D eigenvalue weighted by Gasteiger charge is 2.21. The van der Waals surface area contributed by atoms with E-state index in [4.69, 9.17) is 0 Å². The van der Waals surface area contributed by atoms with E-state index < -0.39 is 0 Å². The van der Waals surface area contributed by atoms with Crippen LogP contribution in [-0.4, -0.2) is 35.6 Å². The standard InChI is InChI=1S/C20H19N7O/c28-20(18-24-16-7-3-4-8-17(16)25-18)23-14-9-13(10-21-11-14)19-26-22-12-27(19)15-5-1-2-6-15/h3-4,7-12,15H,1-2,5-6H2,(H,23,28)(H,24,25). The zero-order valence-corrected chi connectivity index (χ0v) is 15.2. The summed E-state index contributed by atoms with van der Waals surface area (Å²) in [5.41, 5.74) is 2.99.